The van der Waals surface area contributed by atoms with Gasteiger partial charge in [0.2, 0.25) is 10.4 Å². The van der Waals surface area contributed by atoms with Crippen LogP contribution in [0.25, 0.3) is 0 Å². The first-order valence-electron chi connectivity index (χ1n) is 37.5. The molecule has 0 N–H and O–H groups in total. The SMILES string of the molecule is CCC1(C(=O)[O-])O[C@@H](O[C@@H]2C(CO[Si](c3ccccc3)(c3ccccc3)C(C)(C)C)O[C@@H](O[C@H]3C(OC)[C@H]4OCC3(C(=O)[O-])O[C@H]4O[C@@H]3C(CO[Si](c4ccccc4)(c4ccccc4)C(C)(C)C)O[C@H](OC)C(OSOO[O-])[C@H]3OC)C(OSOO[O-])[C@H]2OSOO[O-])C(OC)[C@@H](OC)[C@@H]1O[C@@H]1CC(COS(=O)(=O)[O-])[C@@H](OC)[C@H](OC)C1OC.[Na+].[Na+].[Na+].[Na+].[Na+].[Na+]. The first-order chi connectivity index (χ1) is 57.0. The van der Waals surface area contributed by atoms with Crippen LogP contribution in [0.1, 0.15) is 61.3 Å². The van der Waals surface area contributed by atoms with Crippen LogP contribution >= 0.6 is 37.0 Å². The second-order valence-electron chi connectivity index (χ2n) is 30.5. The summed E-state index contributed by atoms with van der Waals surface area (Å²) in [7, 11) is -2.34. The summed E-state index contributed by atoms with van der Waals surface area (Å²) >= 11 is -0.130. The van der Waals surface area contributed by atoms with Crippen molar-refractivity contribution in [3.05, 3.63) is 121 Å². The van der Waals surface area contributed by atoms with E-state index in [4.69, 9.17) is 115 Å². The van der Waals surface area contributed by atoms with Gasteiger partial charge in [-0.1, -0.05) is 170 Å². The minimum atomic E-state index is -5.28. The van der Waals surface area contributed by atoms with Crippen LogP contribution in [0, 0.1) is 5.92 Å². The van der Waals surface area contributed by atoms with Crippen molar-refractivity contribution in [2.24, 2.45) is 5.92 Å². The Labute approximate surface area is 874 Å². The van der Waals surface area contributed by atoms with Gasteiger partial charge in [0.1, 0.15) is 91.1 Å². The molecule has 1 saturated carbocycles. The van der Waals surface area contributed by atoms with Crippen LogP contribution in [-0.2, 0) is 154 Å². The molecule has 6 aliphatic heterocycles. The third-order valence-corrected chi connectivity index (χ3v) is 34.1. The summed E-state index contributed by atoms with van der Waals surface area (Å²) in [5.74, 6) is -4.88. The molecule has 10 unspecified atom stereocenters. The Morgan fingerprint density at radius 2 is 0.848 bits per heavy atom. The van der Waals surface area contributed by atoms with Gasteiger partial charge < -0.3 is 130 Å². The number of hydrogen-bond donors (Lipinski definition) is 0. The molecular weight excluding hydrogens is 1840 g/mol. The molecule has 4 aromatic rings. The average Bonchev–Trinajstić information content (AvgIpc) is 0.714. The Bertz CT molecular complexity index is 3820. The van der Waals surface area contributed by atoms with Gasteiger partial charge in [0.05, 0.1) is 50.6 Å². The molecule has 0 radical (unpaired) electrons. The van der Waals surface area contributed by atoms with Crippen LogP contribution in [-0.4, -0.2) is 271 Å². The van der Waals surface area contributed by atoms with Gasteiger partial charge in [0.25, 0.3) is 16.6 Å². The quantitative estimate of drug-likeness (QED) is 0.00755. The maximum Gasteiger partial charge on any atom is 1.00 e. The predicted molar refractivity (Wildman–Crippen MR) is 403 cm³/mol. The summed E-state index contributed by atoms with van der Waals surface area (Å²) in [6.07, 6.45) is -35.8. The van der Waals surface area contributed by atoms with E-state index in [1.807, 2.05) is 142 Å². The number of hydrogen-bond acceptors (Lipinski definition) is 42. The van der Waals surface area contributed by atoms with Crippen molar-refractivity contribution in [2.75, 3.05) is 83.3 Å². The number of benzene rings is 4. The summed E-state index contributed by atoms with van der Waals surface area (Å²) in [6, 6.07) is 37.9. The number of carbonyl (C=O) groups is 2. The Morgan fingerprint density at radius 1 is 0.448 bits per heavy atom. The number of methoxy groups -OCH3 is 8. The molecule has 668 valence electrons. The van der Waals surface area contributed by atoms with Crippen LogP contribution in [0.3, 0.4) is 0 Å². The van der Waals surface area contributed by atoms with E-state index in [1.165, 1.54) is 63.8 Å². The van der Waals surface area contributed by atoms with Gasteiger partial charge in [-0.05, 0) is 43.7 Å². The predicted octanol–water partition coefficient (Wildman–Crippen LogP) is -19.2. The second-order valence-corrected chi connectivity index (χ2v) is 41.5. The number of carboxylic acid groups (broad SMARTS) is 2. The normalized spacial score (nSPS) is 31.9. The van der Waals surface area contributed by atoms with E-state index >= 15 is 0 Å². The molecule has 7 aliphatic rings. The molecule has 6 heterocycles. The largest absolute Gasteiger partial charge is 1.00 e. The molecule has 125 heavy (non-hydrogen) atoms. The fraction of sp³-hybridized carbons (Fsp3) is 0.649. The van der Waals surface area contributed by atoms with Crippen molar-refractivity contribution < 1.29 is 360 Å². The molecule has 25 atom stereocenters. The van der Waals surface area contributed by atoms with E-state index in [1.54, 1.807) is 0 Å². The van der Waals surface area contributed by atoms with Gasteiger partial charge >= 0.3 is 177 Å². The van der Waals surface area contributed by atoms with Gasteiger partial charge in [-0.25, -0.2) is 8.42 Å². The van der Waals surface area contributed by atoms with Gasteiger partial charge in [-0.3, -0.25) is 31.8 Å². The first kappa shape index (κ1) is 119. The van der Waals surface area contributed by atoms with Gasteiger partial charge in [0.15, 0.2) is 79.9 Å². The van der Waals surface area contributed by atoms with Gasteiger partial charge in [0, 0.05) is 62.8 Å². The Morgan fingerprint density at radius 3 is 1.23 bits per heavy atom. The van der Waals surface area contributed by atoms with Crippen LogP contribution in [0.2, 0.25) is 10.1 Å². The van der Waals surface area contributed by atoms with E-state index in [9.17, 15) is 48.5 Å². The number of fused-ring (bicyclic) bond motifs is 3. The average molecular weight is 1940 g/mol. The van der Waals surface area contributed by atoms with Crippen LogP contribution in [0.5, 0.6) is 0 Å². The van der Waals surface area contributed by atoms with E-state index in [-0.39, 0.29) is 227 Å². The van der Waals surface area contributed by atoms with Crippen molar-refractivity contribution in [1.29, 1.82) is 0 Å². The molecule has 51 heteroatoms. The van der Waals surface area contributed by atoms with Crippen molar-refractivity contribution in [1.82, 2.24) is 0 Å². The molecule has 39 nitrogen and oxygen atoms in total. The molecule has 0 aromatic heterocycles. The molecule has 0 spiro atoms. The minimum absolute atomic E-state index is 0. The van der Waals surface area contributed by atoms with Gasteiger partial charge in [-0.2, -0.15) is 0 Å². The number of rotatable bonds is 44. The minimum Gasteiger partial charge on any atom is -0.726 e. The summed E-state index contributed by atoms with van der Waals surface area (Å²) in [4.78, 5) is 29.0. The van der Waals surface area contributed by atoms with E-state index < -0.39 is 227 Å². The fourth-order valence-electron chi connectivity index (χ4n) is 17.2. The first-order valence-corrected chi connectivity index (χ1v) is 44.7. The molecule has 7 fully saturated rings. The fourth-order valence-corrected chi connectivity index (χ4v) is 27.7. The number of carbonyl (C=O) groups excluding carboxylic acids is 2. The zero-order valence-corrected chi connectivity index (χ0v) is 90.9. The molecule has 2 bridgehead atoms. The second kappa shape index (κ2) is 55.1. The van der Waals surface area contributed by atoms with Crippen molar-refractivity contribution in [2.45, 2.75) is 218 Å². The number of ether oxygens (including phenoxy) is 17. The molecule has 6 saturated heterocycles. The Balaban J connectivity index is 0.00000546. The van der Waals surface area contributed by atoms with E-state index in [0.29, 0.717) is 0 Å². The topological polar surface area (TPSA) is 474 Å². The third-order valence-electron chi connectivity index (χ3n) is 22.4. The zero-order chi connectivity index (χ0) is 86.3. The summed E-state index contributed by atoms with van der Waals surface area (Å²) in [5, 5.41) is 76.9. The van der Waals surface area contributed by atoms with E-state index in [2.05, 4.69) is 40.2 Å². The molecule has 11 rings (SSSR count). The number of carboxylic acids is 2. The number of aliphatic carboxylic acids is 2. The maximum atomic E-state index is 14.6. The standard InChI is InChI=1S/C74H106O39S4Si2.6Na/c1-16-73(69(75)76)63(97-47-37-42(38-94-117(82,83)84)50(85-8)54(87-10)51(47)86-9)57(89-12)59(91-14)67(103-73)101-53-49(40-96-119(72(5,6)7,45-33-25-19-26-34-45)46-35-27-20-28-36-46)99-66(62(107-116-113-110-81)56(53)105-114-111-108-79)102-64-58(90-13)60-68(104-74(64,41-93-60)70(77)78)100-52-48(98-65(92-15)61(55(52)88-11)106-115-112-109-80)39-95-118(71(2,3)4,43-29-21-17-22-30-43)44-31-23-18-24-32-44;;;;;;/h17-36,42,47-68,79-81H,16,37-41H2,1-15H3,(H,75,76)(H,77,78)(H,82,83,84);;;;;;/q;6*+1/p-6/t42?,47-,48?,49?,50-,51?,52-,53-,54+,55+,56+,57-,58?,59?,60-,61?,62?,63+,64+,65+,66+,67-,68-,73?,74?;;;;;;/m1....../s1. The van der Waals surface area contributed by atoms with E-state index in [0.717, 1.165) is 20.7 Å². The molecule has 0 amide bonds. The molecule has 1 aliphatic carbocycles. The van der Waals surface area contributed by atoms with Crippen molar-refractivity contribution in [3.8, 4) is 0 Å². The molecule has 4 aromatic carbocycles. The van der Waals surface area contributed by atoms with Crippen LogP contribution in [0.4, 0.5) is 0 Å². The van der Waals surface area contributed by atoms with Crippen molar-refractivity contribution in [3.63, 3.8) is 0 Å². The van der Waals surface area contributed by atoms with Gasteiger partial charge in [-0.15, -0.1) is 13.0 Å². The van der Waals surface area contributed by atoms with Crippen LogP contribution in [0.15, 0.2) is 121 Å². The summed E-state index contributed by atoms with van der Waals surface area (Å²) in [6.45, 7) is 11.0. The third kappa shape index (κ3) is 26.9. The van der Waals surface area contributed by atoms with Crippen molar-refractivity contribution >= 4 is 96.7 Å². The summed E-state index contributed by atoms with van der Waals surface area (Å²) in [5.41, 5.74) is -5.52. The zero-order valence-electron chi connectivity index (χ0n) is 73.6. The summed E-state index contributed by atoms with van der Waals surface area (Å²) < 4.78 is 198. The smallest absolute Gasteiger partial charge is 0.726 e. The maximum absolute atomic E-state index is 14.6. The Kier molecular flexibility index (Phi) is 52.5. The molecular formula is C74H100Na6O39S4Si2. The monoisotopic (exact) mass is 1930 g/mol. The van der Waals surface area contributed by atoms with Crippen LogP contribution < -0.4 is 224 Å². The Hall–Kier alpha value is 1.93.